The summed E-state index contributed by atoms with van der Waals surface area (Å²) in [5.41, 5.74) is 0. The molecule has 4 aromatic carbocycles. The number of amides is 1. The van der Waals surface area contributed by atoms with E-state index < -0.39 is 14.3 Å². The quantitative estimate of drug-likeness (QED) is 0.207. The summed E-state index contributed by atoms with van der Waals surface area (Å²) in [5, 5.41) is 3.33. The van der Waals surface area contributed by atoms with Crippen LogP contribution in [-0.4, -0.2) is 18.8 Å². The summed E-state index contributed by atoms with van der Waals surface area (Å²) in [6, 6.07) is 38.8. The summed E-state index contributed by atoms with van der Waals surface area (Å²) >= 11 is 0. The van der Waals surface area contributed by atoms with Gasteiger partial charge >= 0.3 is 0 Å². The summed E-state index contributed by atoms with van der Waals surface area (Å²) in [5.74, 6) is 0. The van der Waals surface area contributed by atoms with Crippen molar-refractivity contribution >= 4 is 48.2 Å². The minimum Gasteiger partial charge on any atom is -0.288 e. The molecule has 0 heterocycles. The van der Waals surface area contributed by atoms with Crippen LogP contribution in [0.2, 0.25) is 0 Å². The first-order chi connectivity index (χ1) is 16.2. The number of aliphatic imine (C=N–C) groups is 1. The Morgan fingerprint density at radius 1 is 0.576 bits per heavy atom. The molecular formula is C27H24N2O2P2. The Balaban J connectivity index is 2.13. The highest BCUT2D eigenvalue weighted by Gasteiger charge is 2.33. The lowest BCUT2D eigenvalue weighted by molar-refractivity contribution is -0.106. The van der Waals surface area contributed by atoms with E-state index in [1.165, 1.54) is 0 Å². The topological polar surface area (TPSA) is 58.9 Å². The van der Waals surface area contributed by atoms with Crippen LogP contribution in [0.1, 0.15) is 0 Å². The molecule has 1 amide bonds. The number of nitrogens with zero attached hydrogens (tertiary/aromatic N) is 2. The average molecular weight is 470 g/mol. The van der Waals surface area contributed by atoms with E-state index in [1.54, 1.807) is 6.21 Å². The zero-order valence-corrected chi connectivity index (χ0v) is 19.8. The smallest absolute Gasteiger partial charge is 0.246 e. The third-order valence-electron chi connectivity index (χ3n) is 5.37. The lowest BCUT2D eigenvalue weighted by Gasteiger charge is -2.28. The van der Waals surface area contributed by atoms with Gasteiger partial charge in [0.1, 0.15) is 0 Å². The molecular weight excluding hydrogens is 446 g/mol. The number of hydrogen-bond donors (Lipinski definition) is 0. The van der Waals surface area contributed by atoms with Crippen molar-refractivity contribution in [1.82, 2.24) is 0 Å². The summed E-state index contributed by atoms with van der Waals surface area (Å²) in [4.78, 5) is 14.9. The predicted molar refractivity (Wildman–Crippen MR) is 141 cm³/mol. The van der Waals surface area contributed by atoms with Crippen LogP contribution < -0.4 is 21.2 Å². The molecule has 6 heteroatoms. The first-order valence-corrected chi connectivity index (χ1v) is 14.2. The van der Waals surface area contributed by atoms with Crippen LogP contribution in [-0.2, 0) is 9.36 Å². The van der Waals surface area contributed by atoms with Crippen LogP contribution in [0.5, 0.6) is 0 Å². The fourth-order valence-electron chi connectivity index (χ4n) is 3.78. The first-order valence-electron chi connectivity index (χ1n) is 10.6. The second-order valence-electron chi connectivity index (χ2n) is 7.40. The van der Waals surface area contributed by atoms with Gasteiger partial charge in [0.25, 0.3) is 0 Å². The molecule has 0 N–H and O–H groups in total. The van der Waals surface area contributed by atoms with Gasteiger partial charge in [-0.1, -0.05) is 97.1 Å². The summed E-state index contributed by atoms with van der Waals surface area (Å²) in [6.07, 6.45) is 2.52. The average Bonchev–Trinajstić information content (AvgIpc) is 2.90. The Morgan fingerprint density at radius 2 is 0.939 bits per heavy atom. The van der Waals surface area contributed by atoms with Crippen LogP contribution in [0.15, 0.2) is 131 Å². The van der Waals surface area contributed by atoms with Gasteiger partial charge in [0.15, 0.2) is 0 Å². The van der Waals surface area contributed by atoms with Crippen molar-refractivity contribution in [2.24, 2.45) is 9.51 Å². The van der Waals surface area contributed by atoms with Gasteiger partial charge in [-0.25, -0.2) is 9.51 Å². The van der Waals surface area contributed by atoms with E-state index in [0.717, 1.165) is 10.6 Å². The maximum atomic E-state index is 15.0. The van der Waals surface area contributed by atoms with E-state index in [4.69, 9.17) is 4.52 Å². The van der Waals surface area contributed by atoms with Gasteiger partial charge < -0.3 is 0 Å². The highest BCUT2D eigenvalue weighted by molar-refractivity contribution is 7.90. The van der Waals surface area contributed by atoms with Crippen LogP contribution in [0.4, 0.5) is 0 Å². The summed E-state index contributed by atoms with van der Waals surface area (Å²) in [6.45, 7) is 0. The Bertz CT molecular complexity index is 1240. The summed E-state index contributed by atoms with van der Waals surface area (Å²) in [7, 11) is -6.03. The van der Waals surface area contributed by atoms with Crippen LogP contribution in [0.25, 0.3) is 0 Å². The van der Waals surface area contributed by atoms with Gasteiger partial charge in [-0.05, 0) is 34.9 Å². The third-order valence-corrected chi connectivity index (χ3v) is 12.6. The van der Waals surface area contributed by atoms with Crippen molar-refractivity contribution in [2.75, 3.05) is 6.16 Å². The molecule has 0 unspecified atom stereocenters. The zero-order valence-electron chi connectivity index (χ0n) is 18.0. The van der Waals surface area contributed by atoms with Gasteiger partial charge in [0.2, 0.25) is 13.7 Å². The molecule has 4 nitrogen and oxygen atoms in total. The summed E-state index contributed by atoms with van der Waals surface area (Å²) < 4.78 is 20.3. The largest absolute Gasteiger partial charge is 0.288 e. The Morgan fingerprint density at radius 3 is 1.30 bits per heavy atom. The number of rotatable bonds is 8. The van der Waals surface area contributed by atoms with Gasteiger partial charge in [-0.2, -0.15) is 0 Å². The van der Waals surface area contributed by atoms with E-state index in [0.29, 0.717) is 23.2 Å². The van der Waals surface area contributed by atoms with Gasteiger partial charge in [-0.3, -0.25) is 9.36 Å². The fourth-order valence-corrected chi connectivity index (χ4v) is 11.3. The standard InChI is InChI=1S/C27H24N2O2P2/c30-23-28-21-22-32(24-13-5-1-6-14-24,25-15-7-2-8-16-25)29-33(31,26-17-9-3-10-18-26)27-19-11-4-12-20-27/h1-21,23H,22H2/b28-21+. The SMILES string of the molecule is O=C/N=C/CP(=NP(=O)(c1ccccc1)c1ccccc1)(c1ccccc1)c1ccccc1. The molecule has 4 aromatic rings. The lowest BCUT2D eigenvalue weighted by atomic mass is 10.4. The number of benzene rings is 4. The van der Waals surface area contributed by atoms with Crippen molar-refractivity contribution in [1.29, 1.82) is 0 Å². The van der Waals surface area contributed by atoms with Crippen molar-refractivity contribution in [2.45, 2.75) is 0 Å². The van der Waals surface area contributed by atoms with Crippen LogP contribution in [0, 0.1) is 0 Å². The molecule has 4 rings (SSSR count). The maximum absolute atomic E-state index is 15.0. The van der Waals surface area contributed by atoms with E-state index in [-0.39, 0.29) is 0 Å². The normalized spacial score (nSPS) is 11.9. The molecule has 0 bridgehead atoms. The Kier molecular flexibility index (Phi) is 7.29. The maximum Gasteiger partial charge on any atom is 0.246 e. The predicted octanol–water partition coefficient (Wildman–Crippen LogP) is 4.99. The molecule has 0 radical (unpaired) electrons. The van der Waals surface area contributed by atoms with Gasteiger partial charge in [-0.15, -0.1) is 0 Å². The molecule has 33 heavy (non-hydrogen) atoms. The first kappa shape index (κ1) is 22.9. The molecule has 0 aromatic heterocycles. The molecule has 0 spiro atoms. The minimum absolute atomic E-state index is 0.392. The molecule has 0 saturated heterocycles. The molecule has 0 aliphatic heterocycles. The zero-order chi connectivity index (χ0) is 23.0. The molecule has 0 aliphatic carbocycles. The Labute approximate surface area is 194 Å². The van der Waals surface area contributed by atoms with Crippen LogP contribution in [0.3, 0.4) is 0 Å². The highest BCUT2D eigenvalue weighted by Crippen LogP contribution is 2.59. The van der Waals surface area contributed by atoms with E-state index in [9.17, 15) is 9.36 Å². The molecule has 0 atom stereocenters. The fraction of sp³-hybridized carbons (Fsp3) is 0.0370. The molecule has 164 valence electrons. The highest BCUT2D eigenvalue weighted by atomic mass is 31.2. The van der Waals surface area contributed by atoms with E-state index >= 15 is 0 Å². The monoisotopic (exact) mass is 470 g/mol. The lowest BCUT2D eigenvalue weighted by Crippen LogP contribution is -2.22. The van der Waals surface area contributed by atoms with Gasteiger partial charge in [0.05, 0.1) is 0 Å². The van der Waals surface area contributed by atoms with E-state index in [2.05, 4.69) is 4.99 Å². The number of carbonyl (C=O) groups excluding carboxylic acids is 1. The van der Waals surface area contributed by atoms with Crippen molar-refractivity contribution in [3.05, 3.63) is 121 Å². The van der Waals surface area contributed by atoms with Gasteiger partial charge in [0, 0.05) is 30.0 Å². The van der Waals surface area contributed by atoms with Crippen molar-refractivity contribution in [3.8, 4) is 0 Å². The van der Waals surface area contributed by atoms with Crippen molar-refractivity contribution in [3.63, 3.8) is 0 Å². The molecule has 0 fully saturated rings. The second-order valence-corrected chi connectivity index (χ2v) is 13.2. The van der Waals surface area contributed by atoms with E-state index in [1.807, 2.05) is 121 Å². The van der Waals surface area contributed by atoms with Crippen molar-refractivity contribution < 1.29 is 9.36 Å². The molecule has 0 saturated carbocycles. The molecule has 0 aliphatic rings. The Hall–Kier alpha value is -3.32. The van der Waals surface area contributed by atoms with Crippen LogP contribution >= 0.6 is 14.3 Å². The second kappa shape index (κ2) is 10.5. The minimum atomic E-state index is -3.40. The third kappa shape index (κ3) is 4.88. The number of carbonyl (C=O) groups is 1. The number of hydrogen-bond acceptors (Lipinski definition) is 2.